The van der Waals surface area contributed by atoms with Crippen molar-refractivity contribution in [2.24, 2.45) is 0 Å². The molecule has 0 bridgehead atoms. The van der Waals surface area contributed by atoms with Gasteiger partial charge in [-0.25, -0.2) is 10.5 Å². The Morgan fingerprint density at radius 3 is 2.70 bits per heavy atom. The van der Waals surface area contributed by atoms with E-state index >= 15 is 0 Å². The molecule has 0 atom stereocenters. The summed E-state index contributed by atoms with van der Waals surface area (Å²) in [6.45, 7) is 0. The Kier molecular flexibility index (Phi) is 6.62. The fourth-order valence-corrected chi connectivity index (χ4v) is 3.67. The zero-order valence-corrected chi connectivity index (χ0v) is 15.6. The summed E-state index contributed by atoms with van der Waals surface area (Å²) >= 11 is 1.50. The van der Waals surface area contributed by atoms with Gasteiger partial charge in [-0.1, -0.05) is 54.6 Å². The minimum atomic E-state index is -0.364. The number of rotatable bonds is 8. The molecule has 7 heteroatoms. The Morgan fingerprint density at radius 2 is 1.89 bits per heavy atom. The highest BCUT2D eigenvalue weighted by atomic mass is 32.2. The maximum absolute atomic E-state index is 12.0. The number of thioether (sulfide) groups is 1. The summed E-state index contributed by atoms with van der Waals surface area (Å²) in [7, 11) is 0. The van der Waals surface area contributed by atoms with E-state index < -0.39 is 0 Å². The number of hydrogen-bond donors (Lipinski definition) is 3. The number of nitrogens with zero attached hydrogens (tertiary/aromatic N) is 1. The predicted octanol–water partition coefficient (Wildman–Crippen LogP) is 3.75. The van der Waals surface area contributed by atoms with Gasteiger partial charge in [0.05, 0.1) is 5.69 Å². The van der Waals surface area contributed by atoms with E-state index in [4.69, 9.17) is 5.21 Å². The molecule has 0 aliphatic carbocycles. The molecule has 1 heterocycles. The maximum atomic E-state index is 12.0. The van der Waals surface area contributed by atoms with E-state index in [0.717, 1.165) is 34.9 Å². The van der Waals surface area contributed by atoms with Crippen molar-refractivity contribution in [3.8, 4) is 11.3 Å². The van der Waals surface area contributed by atoms with Gasteiger partial charge in [-0.3, -0.25) is 14.8 Å². The molecule has 0 aliphatic heterocycles. The first-order valence-corrected chi connectivity index (χ1v) is 9.80. The Morgan fingerprint density at radius 1 is 1.07 bits per heavy atom. The summed E-state index contributed by atoms with van der Waals surface area (Å²) in [5, 5.41) is 11.3. The molecule has 6 nitrogen and oxygen atoms in total. The van der Waals surface area contributed by atoms with Crippen molar-refractivity contribution in [1.82, 2.24) is 15.4 Å². The molecule has 0 spiro atoms. The van der Waals surface area contributed by atoms with Crippen molar-refractivity contribution in [1.29, 1.82) is 0 Å². The second kappa shape index (κ2) is 9.34. The SMILES string of the molecule is O=C(CCCCCSc1nc(-c2ccc3ccccc3c2)cc(=O)[nH]1)NO. The molecule has 3 aromatic rings. The van der Waals surface area contributed by atoms with E-state index in [-0.39, 0.29) is 11.5 Å². The van der Waals surface area contributed by atoms with E-state index in [1.807, 2.05) is 36.4 Å². The number of aromatic nitrogens is 2. The average molecular weight is 383 g/mol. The predicted molar refractivity (Wildman–Crippen MR) is 107 cm³/mol. The number of hydrogen-bond acceptors (Lipinski definition) is 5. The number of carbonyl (C=O) groups excluding carboxylic acids is 1. The van der Waals surface area contributed by atoms with Gasteiger partial charge in [-0.05, 0) is 29.7 Å². The third-order valence-electron chi connectivity index (χ3n) is 4.18. The Hall–Kier alpha value is -2.64. The summed E-state index contributed by atoms with van der Waals surface area (Å²) in [5.41, 5.74) is 3.03. The normalized spacial score (nSPS) is 10.9. The molecule has 2 aromatic carbocycles. The average Bonchev–Trinajstić information content (AvgIpc) is 2.69. The number of unbranched alkanes of at least 4 members (excludes halogenated alkanes) is 2. The van der Waals surface area contributed by atoms with Gasteiger partial charge in [0, 0.05) is 23.8 Å². The van der Waals surface area contributed by atoms with Crippen molar-refractivity contribution in [3.05, 3.63) is 58.9 Å². The zero-order chi connectivity index (χ0) is 19.1. The van der Waals surface area contributed by atoms with E-state index in [2.05, 4.69) is 16.0 Å². The summed E-state index contributed by atoms with van der Waals surface area (Å²) in [5.74, 6) is 0.432. The van der Waals surface area contributed by atoms with Crippen LogP contribution in [0.4, 0.5) is 0 Å². The molecule has 0 radical (unpaired) electrons. The number of aromatic amines is 1. The molecule has 0 unspecified atom stereocenters. The van der Waals surface area contributed by atoms with Crippen LogP contribution >= 0.6 is 11.8 Å². The summed E-state index contributed by atoms with van der Waals surface area (Å²) < 4.78 is 0. The molecular formula is C20H21N3O3S. The van der Waals surface area contributed by atoms with Crippen LogP contribution in [0.5, 0.6) is 0 Å². The number of fused-ring (bicyclic) bond motifs is 1. The zero-order valence-electron chi connectivity index (χ0n) is 14.8. The number of H-pyrrole nitrogens is 1. The maximum Gasteiger partial charge on any atom is 0.252 e. The molecule has 0 saturated heterocycles. The molecule has 3 rings (SSSR count). The molecule has 0 saturated carbocycles. The van der Waals surface area contributed by atoms with Crippen molar-refractivity contribution in [2.75, 3.05) is 5.75 Å². The number of hydroxylamine groups is 1. The molecule has 140 valence electrons. The number of amides is 1. The van der Waals surface area contributed by atoms with Gasteiger partial charge < -0.3 is 4.98 Å². The Labute approximate surface area is 161 Å². The topological polar surface area (TPSA) is 95.1 Å². The molecule has 1 amide bonds. The lowest BCUT2D eigenvalue weighted by molar-refractivity contribution is -0.129. The fraction of sp³-hybridized carbons (Fsp3) is 0.250. The largest absolute Gasteiger partial charge is 0.301 e. The second-order valence-electron chi connectivity index (χ2n) is 6.19. The van der Waals surface area contributed by atoms with Gasteiger partial charge >= 0.3 is 0 Å². The molecule has 0 fully saturated rings. The van der Waals surface area contributed by atoms with Crippen molar-refractivity contribution < 1.29 is 10.0 Å². The van der Waals surface area contributed by atoms with E-state index in [0.29, 0.717) is 23.7 Å². The highest BCUT2D eigenvalue weighted by Gasteiger charge is 2.06. The van der Waals surface area contributed by atoms with Gasteiger partial charge in [-0.15, -0.1) is 0 Å². The van der Waals surface area contributed by atoms with Crippen molar-refractivity contribution in [2.45, 2.75) is 30.8 Å². The van der Waals surface area contributed by atoms with Crippen LogP contribution in [0.3, 0.4) is 0 Å². The molecule has 27 heavy (non-hydrogen) atoms. The molecule has 0 aliphatic rings. The van der Waals surface area contributed by atoms with Crippen LogP contribution < -0.4 is 11.0 Å². The fourth-order valence-electron chi connectivity index (χ4n) is 2.79. The van der Waals surface area contributed by atoms with Crippen LogP contribution in [-0.4, -0.2) is 26.8 Å². The van der Waals surface area contributed by atoms with Gasteiger partial charge in [0.1, 0.15) is 0 Å². The van der Waals surface area contributed by atoms with Crippen molar-refractivity contribution >= 4 is 28.4 Å². The Balaban J connectivity index is 1.63. The lowest BCUT2D eigenvalue weighted by Gasteiger charge is -2.06. The standard InChI is InChI=1S/C20H21N3O3S/c24-18(23-26)8-2-1-5-11-27-20-21-17(13-19(25)22-20)16-10-9-14-6-3-4-7-15(14)12-16/h3-4,6-7,9-10,12-13,26H,1-2,5,8,11H2,(H,23,24)(H,21,22,25). The van der Waals surface area contributed by atoms with Crippen LogP contribution in [0.25, 0.3) is 22.0 Å². The number of nitrogens with one attached hydrogen (secondary N) is 2. The van der Waals surface area contributed by atoms with Gasteiger partial charge in [0.15, 0.2) is 5.16 Å². The molecule has 3 N–H and O–H groups in total. The Bertz CT molecular complexity index is 987. The smallest absolute Gasteiger partial charge is 0.252 e. The third kappa shape index (κ3) is 5.42. The van der Waals surface area contributed by atoms with E-state index in [1.165, 1.54) is 17.8 Å². The number of benzene rings is 2. The van der Waals surface area contributed by atoms with E-state index in [9.17, 15) is 9.59 Å². The van der Waals surface area contributed by atoms with Crippen molar-refractivity contribution in [3.63, 3.8) is 0 Å². The van der Waals surface area contributed by atoms with Crippen LogP contribution in [0, 0.1) is 0 Å². The van der Waals surface area contributed by atoms with Gasteiger partial charge in [0.2, 0.25) is 5.91 Å². The monoisotopic (exact) mass is 383 g/mol. The first kappa shape index (κ1) is 19.1. The first-order chi connectivity index (χ1) is 13.2. The summed E-state index contributed by atoms with van der Waals surface area (Å²) in [6.07, 6.45) is 2.80. The molecule has 1 aromatic heterocycles. The summed E-state index contributed by atoms with van der Waals surface area (Å²) in [6, 6.07) is 15.6. The van der Waals surface area contributed by atoms with Crippen LogP contribution in [0.15, 0.2) is 58.5 Å². The minimum Gasteiger partial charge on any atom is -0.301 e. The van der Waals surface area contributed by atoms with Gasteiger partial charge in [0.25, 0.3) is 5.56 Å². The third-order valence-corrected chi connectivity index (χ3v) is 5.14. The molecular weight excluding hydrogens is 362 g/mol. The summed E-state index contributed by atoms with van der Waals surface area (Å²) in [4.78, 5) is 30.3. The highest BCUT2D eigenvalue weighted by Crippen LogP contribution is 2.24. The van der Waals surface area contributed by atoms with Gasteiger partial charge in [-0.2, -0.15) is 0 Å². The quantitative estimate of drug-likeness (QED) is 0.181. The lowest BCUT2D eigenvalue weighted by atomic mass is 10.1. The first-order valence-electron chi connectivity index (χ1n) is 8.82. The lowest BCUT2D eigenvalue weighted by Crippen LogP contribution is -2.17. The van der Waals surface area contributed by atoms with E-state index in [1.54, 1.807) is 5.48 Å². The van der Waals surface area contributed by atoms with Crippen LogP contribution in [0.1, 0.15) is 25.7 Å². The second-order valence-corrected chi connectivity index (χ2v) is 7.28. The van der Waals surface area contributed by atoms with Crippen LogP contribution in [-0.2, 0) is 4.79 Å². The number of carbonyl (C=O) groups is 1. The minimum absolute atomic E-state index is 0.171. The highest BCUT2D eigenvalue weighted by molar-refractivity contribution is 7.99. The van der Waals surface area contributed by atoms with Crippen LogP contribution in [0.2, 0.25) is 0 Å².